The normalized spacial score (nSPS) is 10.9. The molecule has 0 radical (unpaired) electrons. The standard InChI is InChI=1S/C20H19Cl2N3O5/c21-16-6-5-14(11-17(16)22)24-20(30-10-2-4-18(27)28)15(7-9-26)19(25(24)29)13-3-1-8-23-12-13/h1,3,5-6,8,11-12,26H,2,4,7,9-10H2,(H,27,28). The number of aromatic nitrogens is 3. The van der Waals surface area contributed by atoms with Crippen LogP contribution in [0.5, 0.6) is 5.88 Å². The highest BCUT2D eigenvalue weighted by Crippen LogP contribution is 2.33. The third kappa shape index (κ3) is 4.67. The Labute approximate surface area is 182 Å². The fraction of sp³-hybridized carbons (Fsp3) is 0.250. The van der Waals surface area contributed by atoms with Crippen molar-refractivity contribution in [1.29, 1.82) is 0 Å². The van der Waals surface area contributed by atoms with Crippen LogP contribution in [-0.4, -0.2) is 39.1 Å². The van der Waals surface area contributed by atoms with Gasteiger partial charge in [-0.05, 0) is 36.8 Å². The molecule has 8 nitrogen and oxygen atoms in total. The zero-order chi connectivity index (χ0) is 21.7. The summed E-state index contributed by atoms with van der Waals surface area (Å²) in [5.74, 6) is -0.745. The van der Waals surface area contributed by atoms with Crippen molar-refractivity contribution in [2.45, 2.75) is 19.3 Å². The van der Waals surface area contributed by atoms with Crippen LogP contribution in [-0.2, 0) is 11.2 Å². The zero-order valence-corrected chi connectivity index (χ0v) is 17.3. The van der Waals surface area contributed by atoms with Crippen LogP contribution >= 0.6 is 23.2 Å². The van der Waals surface area contributed by atoms with Crippen LogP contribution in [0.1, 0.15) is 18.4 Å². The molecule has 0 aliphatic rings. The first-order valence-corrected chi connectivity index (χ1v) is 9.88. The number of carboxylic acids is 1. The van der Waals surface area contributed by atoms with Gasteiger partial charge in [0.2, 0.25) is 0 Å². The first-order valence-electron chi connectivity index (χ1n) is 9.12. The highest BCUT2D eigenvalue weighted by atomic mass is 35.5. The molecule has 158 valence electrons. The summed E-state index contributed by atoms with van der Waals surface area (Å²) < 4.78 is 7.12. The average Bonchev–Trinajstić information content (AvgIpc) is 2.99. The molecule has 0 fully saturated rings. The van der Waals surface area contributed by atoms with Gasteiger partial charge in [0.15, 0.2) is 0 Å². The van der Waals surface area contributed by atoms with Crippen LogP contribution in [0, 0.1) is 5.21 Å². The van der Waals surface area contributed by atoms with Gasteiger partial charge in [-0.25, -0.2) is 0 Å². The molecule has 30 heavy (non-hydrogen) atoms. The van der Waals surface area contributed by atoms with E-state index < -0.39 is 5.97 Å². The lowest BCUT2D eigenvalue weighted by molar-refractivity contribution is -0.673. The maximum absolute atomic E-state index is 13.3. The van der Waals surface area contributed by atoms with E-state index in [0.29, 0.717) is 26.7 Å². The first kappa shape index (κ1) is 21.9. The Bertz CT molecular complexity index is 1040. The molecule has 2 heterocycles. The third-order valence-electron chi connectivity index (χ3n) is 4.33. The molecule has 3 aromatic rings. The van der Waals surface area contributed by atoms with Crippen LogP contribution in [0.4, 0.5) is 0 Å². The minimum Gasteiger partial charge on any atom is -0.595 e. The summed E-state index contributed by atoms with van der Waals surface area (Å²) >= 11 is 12.1. The molecule has 0 atom stereocenters. The molecular weight excluding hydrogens is 433 g/mol. The molecule has 0 aliphatic carbocycles. The molecule has 0 spiro atoms. The number of hydrogen-bond acceptors (Lipinski definition) is 5. The van der Waals surface area contributed by atoms with E-state index in [1.807, 2.05) is 0 Å². The van der Waals surface area contributed by atoms with Crippen molar-refractivity contribution in [1.82, 2.24) is 9.67 Å². The fourth-order valence-corrected chi connectivity index (χ4v) is 3.32. The van der Waals surface area contributed by atoms with Crippen LogP contribution in [0.3, 0.4) is 0 Å². The van der Waals surface area contributed by atoms with Gasteiger partial charge in [0, 0.05) is 31.8 Å². The van der Waals surface area contributed by atoms with Gasteiger partial charge in [0.05, 0.1) is 27.8 Å². The Balaban J connectivity index is 2.16. The Morgan fingerprint density at radius 1 is 1.27 bits per heavy atom. The van der Waals surface area contributed by atoms with E-state index in [1.54, 1.807) is 30.5 Å². The number of aliphatic hydroxyl groups is 1. The predicted octanol–water partition coefficient (Wildman–Crippen LogP) is 3.26. The summed E-state index contributed by atoms with van der Waals surface area (Å²) in [6, 6.07) is 8.12. The van der Waals surface area contributed by atoms with Gasteiger partial charge >= 0.3 is 5.97 Å². The molecule has 3 rings (SSSR count). The van der Waals surface area contributed by atoms with E-state index in [2.05, 4.69) is 4.98 Å². The number of hydrogen-bond donors (Lipinski definition) is 2. The van der Waals surface area contributed by atoms with Crippen molar-refractivity contribution in [3.05, 3.63) is 63.5 Å². The number of rotatable bonds is 9. The largest absolute Gasteiger partial charge is 0.595 e. The Morgan fingerprint density at radius 2 is 2.07 bits per heavy atom. The summed E-state index contributed by atoms with van der Waals surface area (Å²) in [7, 11) is 0. The smallest absolute Gasteiger partial charge is 0.303 e. The quantitative estimate of drug-likeness (QED) is 0.293. The van der Waals surface area contributed by atoms with Gasteiger partial charge in [-0.1, -0.05) is 32.7 Å². The second-order valence-electron chi connectivity index (χ2n) is 6.38. The fourth-order valence-electron chi connectivity index (χ4n) is 3.03. The van der Waals surface area contributed by atoms with Gasteiger partial charge in [0.1, 0.15) is 5.69 Å². The molecule has 0 bridgehead atoms. The Hall–Kier alpha value is -2.81. The van der Waals surface area contributed by atoms with Crippen molar-refractivity contribution in [3.8, 4) is 22.8 Å². The van der Waals surface area contributed by atoms with Crippen LogP contribution in [0.2, 0.25) is 10.0 Å². The van der Waals surface area contributed by atoms with Crippen molar-refractivity contribution in [2.24, 2.45) is 0 Å². The molecule has 0 saturated heterocycles. The maximum Gasteiger partial charge on any atom is 0.303 e. The Kier molecular flexibility index (Phi) is 7.15. The average molecular weight is 452 g/mol. The lowest BCUT2D eigenvalue weighted by atomic mass is 10.1. The summed E-state index contributed by atoms with van der Waals surface area (Å²) in [6.07, 6.45) is 3.45. The summed E-state index contributed by atoms with van der Waals surface area (Å²) in [6.45, 7) is -0.146. The maximum atomic E-state index is 13.3. The number of ether oxygens (including phenoxy) is 1. The Morgan fingerprint density at radius 3 is 2.70 bits per heavy atom. The number of aliphatic hydroxyl groups excluding tert-OH is 1. The monoisotopic (exact) mass is 451 g/mol. The van der Waals surface area contributed by atoms with Crippen molar-refractivity contribution < 1.29 is 24.6 Å². The number of benzene rings is 1. The van der Waals surface area contributed by atoms with E-state index >= 15 is 0 Å². The van der Waals surface area contributed by atoms with Crippen LogP contribution in [0.25, 0.3) is 16.9 Å². The molecule has 0 aliphatic heterocycles. The SMILES string of the molecule is O=C(O)CCCOc1c(CCO)c(-c2cccnc2)[n+]([O-])n1-c1ccc(Cl)c(Cl)c1. The lowest BCUT2D eigenvalue weighted by Gasteiger charge is -2.10. The minimum atomic E-state index is -0.941. The highest BCUT2D eigenvalue weighted by molar-refractivity contribution is 6.42. The summed E-state index contributed by atoms with van der Waals surface area (Å²) in [5.41, 5.74) is 1.70. The van der Waals surface area contributed by atoms with Gasteiger partial charge in [0.25, 0.3) is 11.6 Å². The van der Waals surface area contributed by atoms with E-state index in [1.165, 1.54) is 16.9 Å². The molecule has 1 aromatic carbocycles. The highest BCUT2D eigenvalue weighted by Gasteiger charge is 2.31. The van der Waals surface area contributed by atoms with Gasteiger partial charge in [-0.15, -0.1) is 0 Å². The van der Waals surface area contributed by atoms with E-state index in [0.717, 1.165) is 0 Å². The van der Waals surface area contributed by atoms with Crippen LogP contribution < -0.4 is 9.58 Å². The number of pyridine rings is 1. The summed E-state index contributed by atoms with van der Waals surface area (Å²) in [5, 5.41) is 32.4. The first-order chi connectivity index (χ1) is 14.4. The topological polar surface area (TPSA) is 112 Å². The number of carbonyl (C=O) groups is 1. The van der Waals surface area contributed by atoms with E-state index in [4.69, 9.17) is 33.0 Å². The van der Waals surface area contributed by atoms with E-state index in [9.17, 15) is 15.1 Å². The molecule has 0 saturated carbocycles. The second kappa shape index (κ2) is 9.80. The number of carboxylic acid groups (broad SMARTS) is 1. The number of aliphatic carboxylic acids is 1. The van der Waals surface area contributed by atoms with Crippen molar-refractivity contribution in [2.75, 3.05) is 13.2 Å². The molecular formula is C20H19Cl2N3O5. The van der Waals surface area contributed by atoms with Crippen molar-refractivity contribution >= 4 is 29.2 Å². The predicted molar refractivity (Wildman–Crippen MR) is 111 cm³/mol. The minimum absolute atomic E-state index is 0.0720. The second-order valence-corrected chi connectivity index (χ2v) is 7.19. The zero-order valence-electron chi connectivity index (χ0n) is 15.8. The molecule has 0 unspecified atom stereocenters. The van der Waals surface area contributed by atoms with Gasteiger partial charge in [-0.2, -0.15) is 0 Å². The third-order valence-corrected chi connectivity index (χ3v) is 5.07. The van der Waals surface area contributed by atoms with Crippen molar-refractivity contribution in [3.63, 3.8) is 0 Å². The van der Waals surface area contributed by atoms with Crippen LogP contribution in [0.15, 0.2) is 42.7 Å². The molecule has 2 aromatic heterocycles. The van der Waals surface area contributed by atoms with Gasteiger partial charge < -0.3 is 20.2 Å². The molecule has 0 amide bonds. The summed E-state index contributed by atoms with van der Waals surface area (Å²) in [4.78, 5) is 15.5. The van der Waals surface area contributed by atoms with E-state index in [-0.39, 0.29) is 49.1 Å². The lowest BCUT2D eigenvalue weighted by Crippen LogP contribution is -2.38. The number of nitrogens with zero attached hydrogens (tertiary/aromatic N) is 3. The molecule has 10 heteroatoms. The number of halogens is 2. The molecule has 2 N–H and O–H groups in total. The van der Waals surface area contributed by atoms with Gasteiger partial charge in [-0.3, -0.25) is 9.78 Å².